The van der Waals surface area contributed by atoms with Crippen molar-refractivity contribution in [2.75, 3.05) is 11.5 Å². The van der Waals surface area contributed by atoms with Crippen molar-refractivity contribution in [3.63, 3.8) is 0 Å². The summed E-state index contributed by atoms with van der Waals surface area (Å²) in [7, 11) is 0. The molecule has 0 atom stereocenters. The lowest BCUT2D eigenvalue weighted by Gasteiger charge is -2.30. The number of fused-ring (bicyclic) bond motifs is 5. The molecule has 10 heteroatoms. The first kappa shape index (κ1) is 23.1. The summed E-state index contributed by atoms with van der Waals surface area (Å²) in [6, 6.07) is 6.97. The Morgan fingerprint density at radius 3 is 2.76 bits per heavy atom. The van der Waals surface area contributed by atoms with E-state index in [0.717, 1.165) is 39.6 Å². The smallest absolute Gasteiger partial charge is 0.198 e. The molecule has 0 saturated carbocycles. The molecule has 1 aliphatic rings. The van der Waals surface area contributed by atoms with E-state index in [4.69, 9.17) is 21.3 Å². The Bertz CT molecular complexity index is 1350. The van der Waals surface area contributed by atoms with Gasteiger partial charge >= 0.3 is 0 Å². The zero-order valence-corrected chi connectivity index (χ0v) is 21.8. The van der Waals surface area contributed by atoms with Crippen molar-refractivity contribution < 1.29 is 9.53 Å². The highest BCUT2D eigenvalue weighted by Crippen LogP contribution is 2.41. The Balaban J connectivity index is 1.55. The number of ether oxygens (including phenoxy) is 1. The molecule has 4 aromatic rings. The van der Waals surface area contributed by atoms with Gasteiger partial charge in [-0.3, -0.25) is 4.79 Å². The zero-order valence-electron chi connectivity index (χ0n) is 18.6. The predicted molar refractivity (Wildman–Crippen MR) is 136 cm³/mol. The van der Waals surface area contributed by atoms with E-state index in [-0.39, 0.29) is 17.1 Å². The van der Waals surface area contributed by atoms with E-state index in [1.807, 2.05) is 4.40 Å². The average molecular weight is 519 g/mol. The lowest BCUT2D eigenvalue weighted by atomic mass is 9.94. The van der Waals surface area contributed by atoms with Crippen LogP contribution in [0.5, 0.6) is 0 Å². The molecule has 0 bridgehead atoms. The molecule has 0 N–H and O–H groups in total. The quantitative estimate of drug-likeness (QED) is 0.161. The third-order valence-corrected chi connectivity index (χ3v) is 8.87. The number of rotatable bonds is 7. The van der Waals surface area contributed by atoms with E-state index in [2.05, 4.69) is 31.0 Å². The third kappa shape index (κ3) is 4.53. The minimum atomic E-state index is -0.226. The van der Waals surface area contributed by atoms with E-state index >= 15 is 0 Å². The van der Waals surface area contributed by atoms with Gasteiger partial charge in [-0.1, -0.05) is 42.0 Å². The van der Waals surface area contributed by atoms with Crippen LogP contribution in [0.25, 0.3) is 15.9 Å². The van der Waals surface area contributed by atoms with Gasteiger partial charge in [-0.2, -0.15) is 0 Å². The predicted octanol–water partition coefficient (Wildman–Crippen LogP) is 6.32. The lowest BCUT2D eigenvalue weighted by Crippen LogP contribution is -2.31. The average Bonchev–Trinajstić information content (AvgIpc) is 3.36. The fourth-order valence-corrected chi connectivity index (χ4v) is 6.83. The standard InChI is InChI=1S/C23H23ClN4O2S3/c1-4-9-31-21-25-20-18(15-10-23(2,3)30-11-17(15)33-20)19-26-27-22(28(19)21)32-12-16(29)13-5-7-14(24)8-6-13/h5-8H,4,9-12H2,1-3H3. The van der Waals surface area contributed by atoms with Crippen LogP contribution in [0.4, 0.5) is 0 Å². The summed E-state index contributed by atoms with van der Waals surface area (Å²) in [6.45, 7) is 6.98. The van der Waals surface area contributed by atoms with Gasteiger partial charge in [-0.05, 0) is 50.1 Å². The molecule has 0 unspecified atom stereocenters. The van der Waals surface area contributed by atoms with E-state index in [1.54, 1.807) is 47.4 Å². The number of ketones is 1. The Morgan fingerprint density at radius 2 is 2.00 bits per heavy atom. The van der Waals surface area contributed by atoms with Crippen LogP contribution in [0.15, 0.2) is 34.6 Å². The Morgan fingerprint density at radius 1 is 1.21 bits per heavy atom. The first-order valence-corrected chi connectivity index (χ1v) is 13.9. The van der Waals surface area contributed by atoms with Crippen molar-refractivity contribution >= 4 is 68.1 Å². The molecule has 1 aliphatic heterocycles. The molecule has 0 radical (unpaired) electrons. The number of nitrogens with zero attached hydrogens (tertiary/aromatic N) is 4. The first-order valence-electron chi connectivity index (χ1n) is 10.7. The number of carbonyl (C=O) groups is 1. The Kier molecular flexibility index (Phi) is 6.43. The number of Topliss-reactive ketones (excluding diaryl/α,β-unsaturated/α-hetero) is 1. The summed E-state index contributed by atoms with van der Waals surface area (Å²) in [5, 5.41) is 12.3. The van der Waals surface area contributed by atoms with Crippen LogP contribution in [0.1, 0.15) is 48.0 Å². The summed E-state index contributed by atoms with van der Waals surface area (Å²) >= 11 is 10.7. The van der Waals surface area contributed by atoms with Gasteiger partial charge in [-0.25, -0.2) is 9.38 Å². The molecule has 4 heterocycles. The van der Waals surface area contributed by atoms with Crippen LogP contribution in [0, 0.1) is 0 Å². The minimum Gasteiger partial charge on any atom is -0.370 e. The van der Waals surface area contributed by atoms with Crippen molar-refractivity contribution in [3.8, 4) is 0 Å². The topological polar surface area (TPSA) is 69.4 Å². The Labute approximate surface area is 209 Å². The molecule has 0 amide bonds. The largest absolute Gasteiger partial charge is 0.370 e. The number of hydrogen-bond acceptors (Lipinski definition) is 8. The number of carbonyl (C=O) groups excluding carboxylic acids is 1. The van der Waals surface area contributed by atoms with Crippen molar-refractivity contribution in [2.24, 2.45) is 0 Å². The number of aromatic nitrogens is 4. The molecule has 0 saturated heterocycles. The van der Waals surface area contributed by atoms with E-state index in [9.17, 15) is 4.79 Å². The maximum Gasteiger partial charge on any atom is 0.198 e. The molecular formula is C23H23ClN4O2S3. The Hall–Kier alpha value is -1.65. The monoisotopic (exact) mass is 518 g/mol. The summed E-state index contributed by atoms with van der Waals surface area (Å²) in [5.74, 6) is 1.24. The van der Waals surface area contributed by atoms with Gasteiger partial charge < -0.3 is 4.74 Å². The highest BCUT2D eigenvalue weighted by atomic mass is 35.5. The van der Waals surface area contributed by atoms with E-state index < -0.39 is 0 Å². The van der Waals surface area contributed by atoms with Gasteiger partial charge in [-0.15, -0.1) is 21.5 Å². The molecule has 3 aromatic heterocycles. The van der Waals surface area contributed by atoms with Crippen LogP contribution in [-0.2, 0) is 17.8 Å². The van der Waals surface area contributed by atoms with Crippen LogP contribution >= 0.6 is 46.5 Å². The van der Waals surface area contributed by atoms with Gasteiger partial charge in [0.1, 0.15) is 4.83 Å². The lowest BCUT2D eigenvalue weighted by molar-refractivity contribution is -0.0379. The molecule has 172 valence electrons. The zero-order chi connectivity index (χ0) is 23.2. The number of hydrogen-bond donors (Lipinski definition) is 0. The van der Waals surface area contributed by atoms with Crippen LogP contribution in [0.3, 0.4) is 0 Å². The third-order valence-electron chi connectivity index (χ3n) is 5.45. The van der Waals surface area contributed by atoms with Gasteiger partial charge in [0.15, 0.2) is 21.7 Å². The normalized spacial score (nSPS) is 15.3. The minimum absolute atomic E-state index is 0.0250. The second-order valence-electron chi connectivity index (χ2n) is 8.51. The summed E-state index contributed by atoms with van der Waals surface area (Å²) < 4.78 is 8.06. The number of benzene rings is 1. The maximum absolute atomic E-state index is 12.7. The molecule has 6 nitrogen and oxygen atoms in total. The van der Waals surface area contributed by atoms with Gasteiger partial charge in [0.25, 0.3) is 0 Å². The van der Waals surface area contributed by atoms with Crippen molar-refractivity contribution in [1.82, 2.24) is 19.6 Å². The molecule has 0 fully saturated rings. The highest BCUT2D eigenvalue weighted by molar-refractivity contribution is 8.00. The van der Waals surface area contributed by atoms with Crippen LogP contribution < -0.4 is 0 Å². The highest BCUT2D eigenvalue weighted by Gasteiger charge is 2.31. The van der Waals surface area contributed by atoms with Gasteiger partial charge in [0.05, 0.1) is 23.3 Å². The van der Waals surface area contributed by atoms with Crippen LogP contribution in [-0.4, -0.2) is 42.5 Å². The molecular weight excluding hydrogens is 496 g/mol. The SMILES string of the molecule is CCCSc1nc2sc3c(c2c2nnc(SCC(=O)c4ccc(Cl)cc4)n12)CC(C)(C)OC3. The summed E-state index contributed by atoms with van der Waals surface area (Å²) in [6.07, 6.45) is 1.85. The fourth-order valence-electron chi connectivity index (χ4n) is 3.82. The number of thiophene rings is 1. The fraction of sp³-hybridized carbons (Fsp3) is 0.391. The van der Waals surface area contributed by atoms with Crippen LogP contribution in [0.2, 0.25) is 5.02 Å². The van der Waals surface area contributed by atoms with Crippen molar-refractivity contribution in [3.05, 3.63) is 45.3 Å². The second-order valence-corrected chi connectivity index (χ2v) is 12.0. The number of halogens is 1. The summed E-state index contributed by atoms with van der Waals surface area (Å²) in [4.78, 5) is 19.9. The molecule has 0 aliphatic carbocycles. The number of thioether (sulfide) groups is 2. The summed E-state index contributed by atoms with van der Waals surface area (Å²) in [5.41, 5.74) is 2.49. The molecule has 5 rings (SSSR count). The van der Waals surface area contributed by atoms with Gasteiger partial charge in [0, 0.05) is 27.6 Å². The van der Waals surface area contributed by atoms with Crippen molar-refractivity contribution in [1.29, 1.82) is 0 Å². The van der Waals surface area contributed by atoms with Crippen molar-refractivity contribution in [2.45, 2.75) is 56.1 Å². The first-order chi connectivity index (χ1) is 15.9. The van der Waals surface area contributed by atoms with Gasteiger partial charge in [0.2, 0.25) is 0 Å². The second kappa shape index (κ2) is 9.19. The van der Waals surface area contributed by atoms with E-state index in [1.165, 1.54) is 22.2 Å². The molecule has 0 spiro atoms. The molecule has 1 aromatic carbocycles. The molecule has 33 heavy (non-hydrogen) atoms. The van der Waals surface area contributed by atoms with E-state index in [0.29, 0.717) is 22.3 Å². The maximum atomic E-state index is 12.7.